The highest BCUT2D eigenvalue weighted by molar-refractivity contribution is 5.78. The van der Waals surface area contributed by atoms with Gasteiger partial charge in [-0.2, -0.15) is 0 Å². The van der Waals surface area contributed by atoms with Gasteiger partial charge in [0.15, 0.2) is 0 Å². The smallest absolute Gasteiger partial charge is 0.269 e. The van der Waals surface area contributed by atoms with Crippen molar-refractivity contribution in [3.63, 3.8) is 0 Å². The molecule has 23 heavy (non-hydrogen) atoms. The van der Waals surface area contributed by atoms with Crippen LogP contribution < -0.4 is 5.56 Å². The van der Waals surface area contributed by atoms with Crippen LogP contribution in [0.3, 0.4) is 0 Å². The molecule has 1 aromatic heterocycles. The number of rotatable bonds is 3. The van der Waals surface area contributed by atoms with E-state index in [1.54, 1.807) is 43.3 Å². The lowest BCUT2D eigenvalue weighted by Gasteiger charge is -2.16. The Morgan fingerprint density at radius 1 is 0.957 bits per heavy atom. The minimum absolute atomic E-state index is 0.220. The molecule has 0 saturated heterocycles. The SMILES string of the molecule is CCn1c(-c2ccccc2F)c(-c2ccccc2F)ncc1=O. The lowest BCUT2D eigenvalue weighted by atomic mass is 10.0. The van der Waals surface area contributed by atoms with Crippen LogP contribution in [0.4, 0.5) is 8.78 Å². The van der Waals surface area contributed by atoms with Gasteiger partial charge in [0.2, 0.25) is 0 Å². The molecule has 0 spiro atoms. The van der Waals surface area contributed by atoms with Gasteiger partial charge in [-0.1, -0.05) is 24.3 Å². The fourth-order valence-corrected chi connectivity index (χ4v) is 2.58. The molecule has 3 nitrogen and oxygen atoms in total. The van der Waals surface area contributed by atoms with Crippen molar-refractivity contribution in [1.82, 2.24) is 9.55 Å². The summed E-state index contributed by atoms with van der Waals surface area (Å²) in [7, 11) is 0. The lowest BCUT2D eigenvalue weighted by molar-refractivity contribution is 0.623. The summed E-state index contributed by atoms with van der Waals surface area (Å²) in [6, 6.07) is 12.2. The van der Waals surface area contributed by atoms with Crippen LogP contribution in [0.15, 0.2) is 59.5 Å². The zero-order chi connectivity index (χ0) is 16.4. The van der Waals surface area contributed by atoms with Crippen LogP contribution in [0, 0.1) is 11.6 Å². The second kappa shape index (κ2) is 6.12. The number of hydrogen-bond acceptors (Lipinski definition) is 2. The average Bonchev–Trinajstić information content (AvgIpc) is 2.56. The Hall–Kier alpha value is -2.82. The third-order valence-corrected chi connectivity index (χ3v) is 3.64. The zero-order valence-corrected chi connectivity index (χ0v) is 12.5. The number of halogens is 2. The van der Waals surface area contributed by atoms with Crippen LogP contribution in [-0.2, 0) is 6.54 Å². The Kier molecular flexibility index (Phi) is 4.02. The molecule has 0 bridgehead atoms. The van der Waals surface area contributed by atoms with E-state index in [0.717, 1.165) is 6.20 Å². The maximum Gasteiger partial charge on any atom is 0.269 e. The first kappa shape index (κ1) is 15.1. The molecule has 0 unspecified atom stereocenters. The minimum atomic E-state index is -0.486. The van der Waals surface area contributed by atoms with Gasteiger partial charge in [-0.05, 0) is 31.2 Å². The van der Waals surface area contributed by atoms with E-state index in [4.69, 9.17) is 0 Å². The average molecular weight is 312 g/mol. The molecule has 0 fully saturated rings. The van der Waals surface area contributed by atoms with Gasteiger partial charge in [0.05, 0.1) is 17.6 Å². The zero-order valence-electron chi connectivity index (χ0n) is 12.5. The molecule has 1 heterocycles. The fourth-order valence-electron chi connectivity index (χ4n) is 2.58. The maximum atomic E-state index is 14.3. The van der Waals surface area contributed by atoms with Gasteiger partial charge in [0.1, 0.15) is 11.6 Å². The molecular formula is C18H14F2N2O. The molecule has 116 valence electrons. The summed E-state index contributed by atoms with van der Waals surface area (Å²) in [5, 5.41) is 0. The van der Waals surface area contributed by atoms with Gasteiger partial charge in [-0.15, -0.1) is 0 Å². The number of aromatic nitrogens is 2. The van der Waals surface area contributed by atoms with Crippen LogP contribution in [0.25, 0.3) is 22.5 Å². The van der Waals surface area contributed by atoms with Gasteiger partial charge >= 0.3 is 0 Å². The summed E-state index contributed by atoms with van der Waals surface area (Å²) in [4.78, 5) is 16.2. The van der Waals surface area contributed by atoms with Gasteiger partial charge in [0, 0.05) is 17.7 Å². The molecule has 0 aliphatic carbocycles. The molecule has 0 aliphatic heterocycles. The van der Waals surface area contributed by atoms with Crippen LogP contribution in [-0.4, -0.2) is 9.55 Å². The van der Waals surface area contributed by atoms with E-state index in [1.807, 2.05) is 0 Å². The van der Waals surface area contributed by atoms with Crippen LogP contribution in [0.2, 0.25) is 0 Å². The Balaban J connectivity index is 2.41. The van der Waals surface area contributed by atoms with Crippen molar-refractivity contribution in [2.75, 3.05) is 0 Å². The molecule has 0 aliphatic rings. The second-order valence-electron chi connectivity index (χ2n) is 5.00. The van der Waals surface area contributed by atoms with E-state index >= 15 is 0 Å². The van der Waals surface area contributed by atoms with E-state index < -0.39 is 11.6 Å². The van der Waals surface area contributed by atoms with Crippen LogP contribution >= 0.6 is 0 Å². The fraction of sp³-hybridized carbons (Fsp3) is 0.111. The van der Waals surface area contributed by atoms with E-state index in [9.17, 15) is 13.6 Å². The van der Waals surface area contributed by atoms with Crippen molar-refractivity contribution in [2.45, 2.75) is 13.5 Å². The van der Waals surface area contributed by atoms with Gasteiger partial charge in [-0.25, -0.2) is 13.8 Å². The Morgan fingerprint density at radius 2 is 1.52 bits per heavy atom. The first-order valence-electron chi connectivity index (χ1n) is 7.23. The Labute approximate surface area is 131 Å². The van der Waals surface area contributed by atoms with Crippen molar-refractivity contribution < 1.29 is 8.78 Å². The monoisotopic (exact) mass is 312 g/mol. The summed E-state index contributed by atoms with van der Waals surface area (Å²) in [6.07, 6.45) is 1.13. The Morgan fingerprint density at radius 3 is 2.09 bits per heavy atom. The quantitative estimate of drug-likeness (QED) is 0.736. The predicted octanol–water partition coefficient (Wildman–Crippen LogP) is 3.88. The largest absolute Gasteiger partial charge is 0.305 e. The third kappa shape index (κ3) is 2.65. The van der Waals surface area contributed by atoms with Crippen molar-refractivity contribution in [3.8, 4) is 22.5 Å². The highest BCUT2D eigenvalue weighted by Gasteiger charge is 2.19. The van der Waals surface area contributed by atoms with Crippen molar-refractivity contribution in [1.29, 1.82) is 0 Å². The van der Waals surface area contributed by atoms with E-state index in [1.165, 1.54) is 16.7 Å². The first-order valence-corrected chi connectivity index (χ1v) is 7.23. The molecule has 0 saturated carbocycles. The van der Waals surface area contributed by atoms with E-state index in [0.29, 0.717) is 6.54 Å². The van der Waals surface area contributed by atoms with Gasteiger partial charge < -0.3 is 4.57 Å². The molecule has 3 rings (SSSR count). The number of hydrogen-bond donors (Lipinski definition) is 0. The normalized spacial score (nSPS) is 10.7. The lowest BCUT2D eigenvalue weighted by Crippen LogP contribution is -2.22. The molecule has 5 heteroatoms. The van der Waals surface area contributed by atoms with Crippen molar-refractivity contribution in [2.24, 2.45) is 0 Å². The molecule has 0 atom stereocenters. The highest BCUT2D eigenvalue weighted by atomic mass is 19.1. The third-order valence-electron chi connectivity index (χ3n) is 3.64. The van der Waals surface area contributed by atoms with Crippen molar-refractivity contribution in [3.05, 3.63) is 76.7 Å². The molecule has 0 amide bonds. The first-order chi connectivity index (χ1) is 11.1. The molecular weight excluding hydrogens is 298 g/mol. The van der Waals surface area contributed by atoms with E-state index in [2.05, 4.69) is 4.98 Å². The summed E-state index contributed by atoms with van der Waals surface area (Å²) in [6.45, 7) is 2.10. The minimum Gasteiger partial charge on any atom is -0.305 e. The predicted molar refractivity (Wildman–Crippen MR) is 85.0 cm³/mol. The molecule has 2 aromatic carbocycles. The van der Waals surface area contributed by atoms with Crippen molar-refractivity contribution >= 4 is 0 Å². The number of nitrogens with zero attached hydrogens (tertiary/aromatic N) is 2. The Bertz CT molecular complexity index is 919. The summed E-state index contributed by atoms with van der Waals surface area (Å²) in [5.41, 5.74) is 0.620. The molecule has 0 N–H and O–H groups in total. The topological polar surface area (TPSA) is 34.9 Å². The van der Waals surface area contributed by atoms with Gasteiger partial charge in [-0.3, -0.25) is 4.79 Å². The maximum absolute atomic E-state index is 14.3. The molecule has 3 aromatic rings. The standard InChI is InChI=1S/C18H14F2N2O/c1-2-22-16(23)11-21-17(12-7-3-5-9-14(12)19)18(22)13-8-4-6-10-15(13)20/h3-11H,2H2,1H3. The summed E-state index contributed by atoms with van der Waals surface area (Å²) >= 11 is 0. The second-order valence-corrected chi connectivity index (χ2v) is 5.00. The highest BCUT2D eigenvalue weighted by Crippen LogP contribution is 2.32. The molecule has 0 radical (unpaired) electrons. The van der Waals surface area contributed by atoms with E-state index in [-0.39, 0.29) is 28.1 Å². The van der Waals surface area contributed by atoms with Gasteiger partial charge in [0.25, 0.3) is 5.56 Å². The van der Waals surface area contributed by atoms with Crippen LogP contribution in [0.1, 0.15) is 6.92 Å². The summed E-state index contributed by atoms with van der Waals surface area (Å²) < 4.78 is 29.9. The summed E-state index contributed by atoms with van der Waals surface area (Å²) in [5.74, 6) is -0.960. The number of benzene rings is 2. The van der Waals surface area contributed by atoms with Crippen LogP contribution in [0.5, 0.6) is 0 Å².